The van der Waals surface area contributed by atoms with Crippen LogP contribution >= 0.6 is 0 Å². The number of rotatable bonds is 0. The van der Waals surface area contributed by atoms with E-state index in [4.69, 9.17) is 10.5 Å². The van der Waals surface area contributed by atoms with Crippen molar-refractivity contribution >= 4 is 0 Å². The Kier molecular flexibility index (Phi) is 1.77. The number of hydrogen-bond acceptors (Lipinski definition) is 2. The maximum Gasteiger partial charge on any atom is 0.122 e. The molecule has 1 atom stereocenters. The summed E-state index contributed by atoms with van der Waals surface area (Å²) in [4.78, 5) is 0. The Morgan fingerprint density at radius 2 is 2.14 bits per heavy atom. The second kappa shape index (κ2) is 2.99. The molecule has 74 valence electrons. The van der Waals surface area contributed by atoms with Crippen molar-refractivity contribution in [1.29, 1.82) is 0 Å². The average Bonchev–Trinajstić information content (AvgIpc) is 2.57. The maximum atomic E-state index is 6.04. The van der Waals surface area contributed by atoms with Crippen molar-refractivity contribution in [3.63, 3.8) is 0 Å². The molecule has 0 bridgehead atoms. The van der Waals surface area contributed by atoms with Gasteiger partial charge in [-0.05, 0) is 48.4 Å². The van der Waals surface area contributed by atoms with E-state index in [1.54, 1.807) is 0 Å². The Labute approximate surface area is 84.1 Å². The third-order valence-corrected chi connectivity index (χ3v) is 3.29. The molecule has 0 aromatic heterocycles. The molecular weight excluding hydrogens is 174 g/mol. The zero-order chi connectivity index (χ0) is 9.54. The van der Waals surface area contributed by atoms with Crippen molar-refractivity contribution in [3.05, 3.63) is 28.8 Å². The zero-order valence-corrected chi connectivity index (χ0v) is 8.25. The molecule has 0 spiro atoms. The zero-order valence-electron chi connectivity index (χ0n) is 8.25. The minimum Gasteiger partial charge on any atom is -0.493 e. The first-order valence-corrected chi connectivity index (χ1v) is 5.38. The number of nitrogens with two attached hydrogens (primary N) is 1. The molecule has 0 radical (unpaired) electrons. The van der Waals surface area contributed by atoms with Crippen LogP contribution in [0.25, 0.3) is 0 Å². The van der Waals surface area contributed by atoms with Gasteiger partial charge in [0.15, 0.2) is 0 Å². The average molecular weight is 189 g/mol. The number of aryl methyl sites for hydroxylation is 2. The van der Waals surface area contributed by atoms with Crippen LogP contribution in [0.3, 0.4) is 0 Å². The van der Waals surface area contributed by atoms with E-state index >= 15 is 0 Å². The first-order chi connectivity index (χ1) is 6.84. The van der Waals surface area contributed by atoms with Crippen LogP contribution in [0.1, 0.15) is 35.6 Å². The quantitative estimate of drug-likeness (QED) is 0.677. The molecule has 1 aliphatic carbocycles. The highest BCUT2D eigenvalue weighted by Crippen LogP contribution is 2.36. The Morgan fingerprint density at radius 1 is 1.21 bits per heavy atom. The number of hydrogen-bond donors (Lipinski definition) is 1. The van der Waals surface area contributed by atoms with Gasteiger partial charge in [-0.2, -0.15) is 0 Å². The third-order valence-electron chi connectivity index (χ3n) is 3.29. The van der Waals surface area contributed by atoms with Crippen LogP contribution in [-0.2, 0) is 12.8 Å². The van der Waals surface area contributed by atoms with E-state index in [0.717, 1.165) is 38.0 Å². The number of ether oxygens (including phenoxy) is 1. The normalized spacial score (nSPS) is 23.9. The minimum absolute atomic E-state index is 0.261. The van der Waals surface area contributed by atoms with Gasteiger partial charge in [-0.15, -0.1) is 0 Å². The predicted octanol–water partition coefficient (Wildman–Crippen LogP) is 1.96. The SMILES string of the molecule is N[C@H]1CCc2cc3c(cc21)CCCO3. The molecule has 0 unspecified atom stereocenters. The lowest BCUT2D eigenvalue weighted by Gasteiger charge is -2.19. The molecule has 0 saturated carbocycles. The molecular formula is C12H15NO. The second-order valence-electron chi connectivity index (χ2n) is 4.26. The Hall–Kier alpha value is -1.02. The fourth-order valence-corrected chi connectivity index (χ4v) is 2.49. The van der Waals surface area contributed by atoms with Crippen molar-refractivity contribution in [1.82, 2.24) is 0 Å². The van der Waals surface area contributed by atoms with Crippen molar-refractivity contribution in [2.24, 2.45) is 5.73 Å². The van der Waals surface area contributed by atoms with Crippen LogP contribution < -0.4 is 10.5 Å². The molecule has 1 aliphatic heterocycles. The van der Waals surface area contributed by atoms with Crippen molar-refractivity contribution in [2.45, 2.75) is 31.7 Å². The third kappa shape index (κ3) is 1.14. The summed E-state index contributed by atoms with van der Waals surface area (Å²) in [5.74, 6) is 1.10. The summed E-state index contributed by atoms with van der Waals surface area (Å²) in [6.45, 7) is 0.873. The molecule has 1 heterocycles. The van der Waals surface area contributed by atoms with Gasteiger partial charge in [-0.3, -0.25) is 0 Å². The molecule has 14 heavy (non-hydrogen) atoms. The Morgan fingerprint density at radius 3 is 3.07 bits per heavy atom. The molecule has 3 rings (SSSR count). The van der Waals surface area contributed by atoms with Gasteiger partial charge in [0, 0.05) is 6.04 Å². The largest absolute Gasteiger partial charge is 0.493 e. The van der Waals surface area contributed by atoms with Crippen LogP contribution in [-0.4, -0.2) is 6.61 Å². The molecule has 2 N–H and O–H groups in total. The van der Waals surface area contributed by atoms with E-state index in [1.807, 2.05) is 0 Å². The molecule has 0 fully saturated rings. The lowest BCUT2D eigenvalue weighted by atomic mass is 9.99. The van der Waals surface area contributed by atoms with E-state index < -0.39 is 0 Å². The van der Waals surface area contributed by atoms with Gasteiger partial charge >= 0.3 is 0 Å². The molecule has 0 saturated heterocycles. The van der Waals surface area contributed by atoms with Crippen LogP contribution in [0.4, 0.5) is 0 Å². The molecule has 2 heteroatoms. The summed E-state index contributed by atoms with van der Waals surface area (Å²) in [7, 11) is 0. The highest BCUT2D eigenvalue weighted by Gasteiger charge is 2.22. The summed E-state index contributed by atoms with van der Waals surface area (Å²) in [6, 6.07) is 4.73. The second-order valence-corrected chi connectivity index (χ2v) is 4.26. The van der Waals surface area contributed by atoms with Crippen molar-refractivity contribution < 1.29 is 4.74 Å². The van der Waals surface area contributed by atoms with Crippen molar-refractivity contribution in [3.8, 4) is 5.75 Å². The van der Waals surface area contributed by atoms with Crippen molar-refractivity contribution in [2.75, 3.05) is 6.61 Å². The monoisotopic (exact) mass is 189 g/mol. The summed E-state index contributed by atoms with van der Waals surface area (Å²) in [5, 5.41) is 0. The molecule has 0 amide bonds. The van der Waals surface area contributed by atoms with Crippen LogP contribution in [0.15, 0.2) is 12.1 Å². The van der Waals surface area contributed by atoms with E-state index in [-0.39, 0.29) is 6.04 Å². The highest BCUT2D eigenvalue weighted by molar-refractivity contribution is 5.47. The van der Waals surface area contributed by atoms with Gasteiger partial charge in [-0.1, -0.05) is 6.07 Å². The summed E-state index contributed by atoms with van der Waals surface area (Å²) < 4.78 is 5.64. The van der Waals surface area contributed by atoms with Crippen LogP contribution in [0.2, 0.25) is 0 Å². The first kappa shape index (κ1) is 8.30. The Balaban J connectivity index is 2.11. The molecule has 2 aliphatic rings. The van der Waals surface area contributed by atoms with Crippen LogP contribution in [0.5, 0.6) is 5.75 Å². The fourth-order valence-electron chi connectivity index (χ4n) is 2.49. The van der Waals surface area contributed by atoms with E-state index in [1.165, 1.54) is 16.7 Å². The Bertz CT molecular complexity index is 372. The molecule has 1 aromatic rings. The topological polar surface area (TPSA) is 35.2 Å². The smallest absolute Gasteiger partial charge is 0.122 e. The summed E-state index contributed by atoms with van der Waals surface area (Å²) in [5.41, 5.74) is 10.1. The van der Waals surface area contributed by atoms with Gasteiger partial charge in [0.05, 0.1) is 6.61 Å². The predicted molar refractivity (Wildman–Crippen MR) is 55.5 cm³/mol. The standard InChI is InChI=1S/C12H15NO/c13-11-4-3-8-7-12-9(6-10(8)11)2-1-5-14-12/h6-7,11H,1-5,13H2/t11-/m0/s1. The van der Waals surface area contributed by atoms with E-state index in [2.05, 4.69) is 12.1 Å². The van der Waals surface area contributed by atoms with Gasteiger partial charge < -0.3 is 10.5 Å². The molecule has 1 aromatic carbocycles. The number of fused-ring (bicyclic) bond motifs is 2. The minimum atomic E-state index is 0.261. The first-order valence-electron chi connectivity index (χ1n) is 5.38. The number of benzene rings is 1. The van der Waals surface area contributed by atoms with Gasteiger partial charge in [0.25, 0.3) is 0 Å². The highest BCUT2D eigenvalue weighted by atomic mass is 16.5. The lowest BCUT2D eigenvalue weighted by Crippen LogP contribution is -2.11. The van der Waals surface area contributed by atoms with Crippen LogP contribution in [0, 0.1) is 0 Å². The van der Waals surface area contributed by atoms with E-state index in [0.29, 0.717) is 0 Å². The van der Waals surface area contributed by atoms with Gasteiger partial charge in [0.2, 0.25) is 0 Å². The fraction of sp³-hybridized carbons (Fsp3) is 0.500. The lowest BCUT2D eigenvalue weighted by molar-refractivity contribution is 0.288. The summed E-state index contributed by atoms with van der Waals surface area (Å²) >= 11 is 0. The van der Waals surface area contributed by atoms with Gasteiger partial charge in [-0.25, -0.2) is 0 Å². The van der Waals surface area contributed by atoms with E-state index in [9.17, 15) is 0 Å². The molecule has 2 nitrogen and oxygen atoms in total. The van der Waals surface area contributed by atoms with Gasteiger partial charge in [0.1, 0.15) is 5.75 Å². The summed E-state index contributed by atoms with van der Waals surface area (Å²) in [6.07, 6.45) is 4.50. The maximum absolute atomic E-state index is 6.04.